The monoisotopic (exact) mass is 275 g/mol. The molecule has 1 saturated heterocycles. The minimum atomic E-state index is -0.331. The summed E-state index contributed by atoms with van der Waals surface area (Å²) >= 11 is 0. The molecule has 1 aliphatic carbocycles. The Kier molecular flexibility index (Phi) is 2.73. The van der Waals surface area contributed by atoms with Gasteiger partial charge in [-0.1, -0.05) is 23.5 Å². The van der Waals surface area contributed by atoms with E-state index in [-0.39, 0.29) is 29.9 Å². The molecule has 20 heavy (non-hydrogen) atoms. The average molecular weight is 275 g/mol. The lowest BCUT2D eigenvalue weighted by molar-refractivity contribution is 0.00578. The number of allylic oxidation sites excluding steroid dienone is 2. The van der Waals surface area contributed by atoms with Crippen molar-refractivity contribution in [2.75, 3.05) is 7.05 Å². The molecule has 2 unspecified atom stereocenters. The van der Waals surface area contributed by atoms with E-state index in [1.807, 2.05) is 18.1 Å². The van der Waals surface area contributed by atoms with Crippen molar-refractivity contribution in [2.24, 2.45) is 10.3 Å². The summed E-state index contributed by atoms with van der Waals surface area (Å²) in [5.74, 6) is 0. The van der Waals surface area contributed by atoms with Crippen LogP contribution in [-0.2, 0) is 9.31 Å². The molecule has 0 N–H and O–H groups in total. The Morgan fingerprint density at radius 2 is 1.75 bits per heavy atom. The van der Waals surface area contributed by atoms with Crippen molar-refractivity contribution in [3.8, 4) is 0 Å². The number of likely N-dealkylation sites (N-methyl/N-ethyl adjacent to an activating group) is 1. The van der Waals surface area contributed by atoms with Crippen molar-refractivity contribution < 1.29 is 9.31 Å². The Balaban J connectivity index is 1.89. The van der Waals surface area contributed by atoms with Crippen molar-refractivity contribution >= 4 is 7.12 Å². The van der Waals surface area contributed by atoms with Crippen LogP contribution in [-0.4, -0.2) is 42.0 Å². The van der Waals surface area contributed by atoms with E-state index < -0.39 is 0 Å². The number of hydrogen-bond donors (Lipinski definition) is 0. The van der Waals surface area contributed by atoms with Gasteiger partial charge in [0.05, 0.1) is 11.2 Å². The zero-order chi connectivity index (χ0) is 14.8. The molecule has 0 spiro atoms. The lowest BCUT2D eigenvalue weighted by Crippen LogP contribution is -2.45. The summed E-state index contributed by atoms with van der Waals surface area (Å²) in [4.78, 5) is 0. The van der Waals surface area contributed by atoms with Gasteiger partial charge in [-0.05, 0) is 40.1 Å². The highest BCUT2D eigenvalue weighted by molar-refractivity contribution is 6.55. The molecule has 6 heteroatoms. The van der Waals surface area contributed by atoms with Crippen LogP contribution in [0.15, 0.2) is 34.0 Å². The molecule has 2 aliphatic heterocycles. The fourth-order valence-corrected chi connectivity index (χ4v) is 2.66. The van der Waals surface area contributed by atoms with E-state index in [0.29, 0.717) is 0 Å². The number of fused-ring (bicyclic) bond motifs is 1. The van der Waals surface area contributed by atoms with Gasteiger partial charge in [-0.25, -0.2) is 0 Å². The highest BCUT2D eigenvalue weighted by Crippen LogP contribution is 2.41. The Hall–Kier alpha value is -1.14. The summed E-state index contributed by atoms with van der Waals surface area (Å²) in [6, 6.07) is 0.0682. The van der Waals surface area contributed by atoms with E-state index in [2.05, 4.69) is 57.1 Å². The second-order valence-corrected chi connectivity index (χ2v) is 6.99. The first-order chi connectivity index (χ1) is 9.16. The fourth-order valence-electron chi connectivity index (χ4n) is 2.66. The van der Waals surface area contributed by atoms with Crippen LogP contribution >= 0.6 is 0 Å². The molecule has 0 bridgehead atoms. The Morgan fingerprint density at radius 1 is 1.15 bits per heavy atom. The normalized spacial score (nSPS) is 37.3. The van der Waals surface area contributed by atoms with Crippen LogP contribution in [0.1, 0.15) is 34.6 Å². The third kappa shape index (κ3) is 1.78. The zero-order valence-electron chi connectivity index (χ0n) is 13.0. The van der Waals surface area contributed by atoms with Crippen molar-refractivity contribution in [3.05, 3.63) is 23.7 Å². The molecule has 0 aromatic heterocycles. The molecule has 3 aliphatic rings. The van der Waals surface area contributed by atoms with Gasteiger partial charge in [0.25, 0.3) is 0 Å². The third-order valence-electron chi connectivity index (χ3n) is 5.06. The Bertz CT molecular complexity index is 511. The topological polar surface area (TPSA) is 46.4 Å². The smallest absolute Gasteiger partial charge is 0.399 e. The fraction of sp³-hybridized carbons (Fsp3) is 0.714. The Labute approximate surface area is 120 Å². The molecule has 5 nitrogen and oxygen atoms in total. The lowest BCUT2D eigenvalue weighted by Gasteiger charge is -2.33. The van der Waals surface area contributed by atoms with Crippen LogP contribution in [0, 0.1) is 0 Å². The number of hydrogen-bond acceptors (Lipinski definition) is 5. The van der Waals surface area contributed by atoms with Crippen LogP contribution in [0.2, 0.25) is 0 Å². The molecule has 0 aromatic rings. The summed E-state index contributed by atoms with van der Waals surface area (Å²) in [7, 11) is 1.61. The van der Waals surface area contributed by atoms with Crippen LogP contribution in [0.5, 0.6) is 0 Å². The highest BCUT2D eigenvalue weighted by atomic mass is 16.7. The second-order valence-electron chi connectivity index (χ2n) is 6.99. The molecule has 108 valence electrons. The minimum Gasteiger partial charge on any atom is -0.399 e. The average Bonchev–Trinajstić information content (AvgIpc) is 2.74. The van der Waals surface area contributed by atoms with E-state index in [0.717, 1.165) is 5.47 Å². The molecule has 0 saturated carbocycles. The first-order valence-corrected chi connectivity index (χ1v) is 7.07. The molecular weight excluding hydrogens is 253 g/mol. The lowest BCUT2D eigenvalue weighted by atomic mass is 9.71. The van der Waals surface area contributed by atoms with Gasteiger partial charge in [0.1, 0.15) is 11.6 Å². The molecule has 2 heterocycles. The van der Waals surface area contributed by atoms with Crippen molar-refractivity contribution in [1.29, 1.82) is 0 Å². The van der Waals surface area contributed by atoms with Gasteiger partial charge >= 0.3 is 7.12 Å². The Morgan fingerprint density at radius 3 is 2.35 bits per heavy atom. The predicted octanol–water partition coefficient (Wildman–Crippen LogP) is 2.55. The molecule has 3 rings (SSSR count). The van der Waals surface area contributed by atoms with Crippen molar-refractivity contribution in [2.45, 2.75) is 57.4 Å². The van der Waals surface area contributed by atoms with Crippen molar-refractivity contribution in [1.82, 2.24) is 5.01 Å². The van der Waals surface area contributed by atoms with Crippen molar-refractivity contribution in [3.63, 3.8) is 0 Å². The molecule has 2 atom stereocenters. The summed E-state index contributed by atoms with van der Waals surface area (Å²) in [5.41, 5.74) is 0.177. The molecule has 0 amide bonds. The van der Waals surface area contributed by atoms with Gasteiger partial charge in [0.15, 0.2) is 0 Å². The van der Waals surface area contributed by atoms with E-state index in [9.17, 15) is 0 Å². The molecule has 0 aromatic carbocycles. The second kappa shape index (κ2) is 3.95. The van der Waals surface area contributed by atoms with Gasteiger partial charge < -0.3 is 9.31 Å². The number of nitrogens with zero attached hydrogens (tertiary/aromatic N) is 3. The first kappa shape index (κ1) is 13.8. The van der Waals surface area contributed by atoms with E-state index in [1.54, 1.807) is 0 Å². The van der Waals surface area contributed by atoms with Crippen LogP contribution in [0.25, 0.3) is 0 Å². The summed E-state index contributed by atoms with van der Waals surface area (Å²) in [5, 5.41) is 10.3. The van der Waals surface area contributed by atoms with Gasteiger partial charge in [-0.2, -0.15) is 5.11 Å². The summed E-state index contributed by atoms with van der Waals surface area (Å²) in [6.07, 6.45) is 6.29. The van der Waals surface area contributed by atoms with Crippen LogP contribution in [0.4, 0.5) is 0 Å². The van der Waals surface area contributed by atoms with Crippen LogP contribution < -0.4 is 0 Å². The van der Waals surface area contributed by atoms with Gasteiger partial charge in [-0.15, -0.1) is 0 Å². The maximum atomic E-state index is 6.11. The van der Waals surface area contributed by atoms with Gasteiger partial charge in [0, 0.05) is 7.05 Å². The first-order valence-electron chi connectivity index (χ1n) is 7.07. The largest absolute Gasteiger partial charge is 0.494 e. The third-order valence-corrected chi connectivity index (χ3v) is 5.06. The van der Waals surface area contributed by atoms with E-state index >= 15 is 0 Å². The zero-order valence-corrected chi connectivity index (χ0v) is 13.0. The van der Waals surface area contributed by atoms with Crippen LogP contribution in [0.3, 0.4) is 0 Å². The summed E-state index contributed by atoms with van der Waals surface area (Å²) in [6.45, 7) is 10.4. The molecular formula is C14H22BN3O2. The summed E-state index contributed by atoms with van der Waals surface area (Å²) < 4.78 is 12.2. The SMILES string of the molecule is CN1N=NC2C=CC(B3OC(C)(C)C(C)(C)O3)=CC21C. The molecule has 1 fully saturated rings. The minimum absolute atomic E-state index is 0.0682. The standard InChI is InChI=1S/C14H22BN3O2/c1-12(2)13(3,4)20-15(19-12)10-7-8-11-14(5,9-10)18(6)17-16-11/h7-9,11H,1-6H3. The van der Waals surface area contributed by atoms with Gasteiger partial charge in [0.2, 0.25) is 0 Å². The number of rotatable bonds is 1. The highest BCUT2D eigenvalue weighted by Gasteiger charge is 2.53. The maximum absolute atomic E-state index is 6.11. The predicted molar refractivity (Wildman–Crippen MR) is 78.1 cm³/mol. The van der Waals surface area contributed by atoms with E-state index in [1.165, 1.54) is 0 Å². The molecule has 0 radical (unpaired) electrons. The van der Waals surface area contributed by atoms with Gasteiger partial charge in [-0.3, -0.25) is 5.01 Å². The quantitative estimate of drug-likeness (QED) is 0.691. The maximum Gasteiger partial charge on any atom is 0.494 e. The van der Waals surface area contributed by atoms with E-state index in [4.69, 9.17) is 9.31 Å².